The molecular formula is C15H25N5S. The second-order valence-electron chi connectivity index (χ2n) is 5.87. The number of nitrogens with one attached hydrogen (secondary N) is 1. The van der Waals surface area contributed by atoms with E-state index < -0.39 is 0 Å². The summed E-state index contributed by atoms with van der Waals surface area (Å²) in [4.78, 5) is 0. The monoisotopic (exact) mass is 307 g/mol. The molecule has 0 aliphatic heterocycles. The van der Waals surface area contributed by atoms with Gasteiger partial charge in [-0.05, 0) is 32.4 Å². The molecule has 0 fully saturated rings. The summed E-state index contributed by atoms with van der Waals surface area (Å²) in [5.41, 5.74) is 3.41. The van der Waals surface area contributed by atoms with Gasteiger partial charge in [0.1, 0.15) is 10.1 Å². The van der Waals surface area contributed by atoms with Gasteiger partial charge in [-0.25, -0.2) is 0 Å². The summed E-state index contributed by atoms with van der Waals surface area (Å²) in [5, 5.41) is 14.8. The van der Waals surface area contributed by atoms with Crippen LogP contribution in [0.2, 0.25) is 0 Å². The van der Waals surface area contributed by atoms with E-state index in [-0.39, 0.29) is 0 Å². The molecule has 116 valence electrons. The molecule has 2 aromatic rings. The molecule has 0 bridgehead atoms. The van der Waals surface area contributed by atoms with Crippen LogP contribution in [0.1, 0.15) is 30.8 Å². The lowest BCUT2D eigenvalue weighted by molar-refractivity contribution is 0.547. The Balaban J connectivity index is 2.20. The Morgan fingerprint density at radius 2 is 1.90 bits per heavy atom. The molecule has 0 aliphatic rings. The zero-order valence-electron chi connectivity index (χ0n) is 13.8. The van der Waals surface area contributed by atoms with E-state index >= 15 is 0 Å². The smallest absolute Gasteiger partial charge is 0.105 e. The standard InChI is InChI=1S/C15H25N5S/c1-10(2)8-16-9-13-12(4)18-20(6)15(13)21-14-7-11(3)17-19(14)5/h7,10,16H,8-9H2,1-6H3. The Bertz CT molecular complexity index is 612. The minimum absolute atomic E-state index is 0.651. The van der Waals surface area contributed by atoms with Gasteiger partial charge >= 0.3 is 0 Å². The van der Waals surface area contributed by atoms with Gasteiger partial charge in [0.05, 0.1) is 11.4 Å². The highest BCUT2D eigenvalue weighted by Crippen LogP contribution is 2.31. The zero-order valence-corrected chi connectivity index (χ0v) is 14.6. The number of nitrogens with zero attached hydrogens (tertiary/aromatic N) is 4. The van der Waals surface area contributed by atoms with E-state index in [0.29, 0.717) is 5.92 Å². The zero-order chi connectivity index (χ0) is 15.6. The van der Waals surface area contributed by atoms with Crippen LogP contribution >= 0.6 is 11.8 Å². The highest BCUT2D eigenvalue weighted by molar-refractivity contribution is 7.99. The van der Waals surface area contributed by atoms with Gasteiger partial charge in [-0.3, -0.25) is 9.36 Å². The van der Waals surface area contributed by atoms with Gasteiger partial charge in [0.2, 0.25) is 0 Å². The summed E-state index contributed by atoms with van der Waals surface area (Å²) < 4.78 is 3.89. The van der Waals surface area contributed by atoms with E-state index in [9.17, 15) is 0 Å². The van der Waals surface area contributed by atoms with E-state index in [1.54, 1.807) is 11.8 Å². The normalized spacial score (nSPS) is 11.6. The average molecular weight is 307 g/mol. The van der Waals surface area contributed by atoms with Crippen LogP contribution in [0, 0.1) is 19.8 Å². The van der Waals surface area contributed by atoms with Crippen LogP contribution in [0.3, 0.4) is 0 Å². The quantitative estimate of drug-likeness (QED) is 0.891. The first-order chi connectivity index (χ1) is 9.88. The molecule has 1 N–H and O–H groups in total. The van der Waals surface area contributed by atoms with Gasteiger partial charge in [-0.1, -0.05) is 25.6 Å². The first-order valence-corrected chi connectivity index (χ1v) is 8.11. The van der Waals surface area contributed by atoms with Gasteiger partial charge in [-0.15, -0.1) is 0 Å². The van der Waals surface area contributed by atoms with Crippen molar-refractivity contribution in [3.63, 3.8) is 0 Å². The van der Waals surface area contributed by atoms with Crippen molar-refractivity contribution in [1.29, 1.82) is 0 Å². The number of hydrogen-bond acceptors (Lipinski definition) is 4. The number of aryl methyl sites for hydroxylation is 4. The summed E-state index contributed by atoms with van der Waals surface area (Å²) in [6.45, 7) is 10.4. The highest BCUT2D eigenvalue weighted by atomic mass is 32.2. The number of hydrogen-bond donors (Lipinski definition) is 1. The lowest BCUT2D eigenvalue weighted by atomic mass is 10.2. The first-order valence-electron chi connectivity index (χ1n) is 7.30. The van der Waals surface area contributed by atoms with Crippen LogP contribution in [0.5, 0.6) is 0 Å². The van der Waals surface area contributed by atoms with E-state index in [1.807, 2.05) is 30.4 Å². The fourth-order valence-corrected chi connectivity index (χ4v) is 3.40. The average Bonchev–Trinajstić information content (AvgIpc) is 2.82. The fourth-order valence-electron chi connectivity index (χ4n) is 2.28. The topological polar surface area (TPSA) is 47.7 Å². The van der Waals surface area contributed by atoms with Gasteiger partial charge in [-0.2, -0.15) is 10.2 Å². The third kappa shape index (κ3) is 3.89. The van der Waals surface area contributed by atoms with Crippen LogP contribution in [-0.4, -0.2) is 26.1 Å². The molecular weight excluding hydrogens is 282 g/mol. The minimum atomic E-state index is 0.651. The third-order valence-corrected chi connectivity index (χ3v) is 4.60. The molecule has 2 rings (SSSR count). The van der Waals surface area contributed by atoms with Gasteiger partial charge in [0.15, 0.2) is 0 Å². The van der Waals surface area contributed by atoms with Crippen molar-refractivity contribution in [3.8, 4) is 0 Å². The summed E-state index contributed by atoms with van der Waals surface area (Å²) in [6.07, 6.45) is 0. The molecule has 2 aromatic heterocycles. The lowest BCUT2D eigenvalue weighted by Gasteiger charge is -2.09. The van der Waals surface area contributed by atoms with Crippen molar-refractivity contribution in [2.45, 2.75) is 44.3 Å². The van der Waals surface area contributed by atoms with Crippen molar-refractivity contribution < 1.29 is 0 Å². The molecule has 21 heavy (non-hydrogen) atoms. The maximum absolute atomic E-state index is 4.57. The van der Waals surface area contributed by atoms with E-state index in [1.165, 1.54) is 10.6 Å². The molecule has 6 heteroatoms. The Hall–Kier alpha value is -1.27. The molecule has 0 saturated heterocycles. The van der Waals surface area contributed by atoms with Crippen LogP contribution in [0.4, 0.5) is 0 Å². The lowest BCUT2D eigenvalue weighted by Crippen LogP contribution is -2.19. The van der Waals surface area contributed by atoms with E-state index in [4.69, 9.17) is 0 Å². The van der Waals surface area contributed by atoms with Crippen molar-refractivity contribution in [1.82, 2.24) is 24.9 Å². The van der Waals surface area contributed by atoms with Crippen LogP contribution < -0.4 is 5.32 Å². The summed E-state index contributed by atoms with van der Waals surface area (Å²) in [6, 6.07) is 2.11. The van der Waals surface area contributed by atoms with Gasteiger partial charge in [0, 0.05) is 26.2 Å². The van der Waals surface area contributed by atoms with E-state index in [0.717, 1.165) is 29.5 Å². The van der Waals surface area contributed by atoms with Crippen LogP contribution in [-0.2, 0) is 20.6 Å². The van der Waals surface area contributed by atoms with Crippen LogP contribution in [0.25, 0.3) is 0 Å². The van der Waals surface area contributed by atoms with Crippen LogP contribution in [0.15, 0.2) is 16.1 Å². The first kappa shape index (κ1) is 16.1. The van der Waals surface area contributed by atoms with E-state index in [2.05, 4.69) is 42.4 Å². The summed E-state index contributed by atoms with van der Waals surface area (Å²) >= 11 is 1.73. The fraction of sp³-hybridized carbons (Fsp3) is 0.600. The SMILES string of the molecule is Cc1cc(Sc2c(CNCC(C)C)c(C)nn2C)n(C)n1. The minimum Gasteiger partial charge on any atom is -0.312 e. The predicted octanol–water partition coefficient (Wildman–Crippen LogP) is 2.67. The second-order valence-corrected chi connectivity index (χ2v) is 6.88. The maximum Gasteiger partial charge on any atom is 0.105 e. The molecule has 5 nitrogen and oxygen atoms in total. The number of rotatable bonds is 6. The molecule has 0 saturated carbocycles. The Morgan fingerprint density at radius 1 is 1.19 bits per heavy atom. The molecule has 0 amide bonds. The predicted molar refractivity (Wildman–Crippen MR) is 86.6 cm³/mol. The molecule has 0 atom stereocenters. The summed E-state index contributed by atoms with van der Waals surface area (Å²) in [5.74, 6) is 0.651. The molecule has 0 aliphatic carbocycles. The van der Waals surface area contributed by atoms with Crippen molar-refractivity contribution in [3.05, 3.63) is 23.0 Å². The molecule has 0 aromatic carbocycles. The van der Waals surface area contributed by atoms with Gasteiger partial charge < -0.3 is 5.32 Å². The third-order valence-electron chi connectivity index (χ3n) is 3.30. The summed E-state index contributed by atoms with van der Waals surface area (Å²) in [7, 11) is 3.99. The Kier molecular flexibility index (Phi) is 5.11. The second kappa shape index (κ2) is 6.66. The van der Waals surface area contributed by atoms with Crippen molar-refractivity contribution >= 4 is 11.8 Å². The largest absolute Gasteiger partial charge is 0.312 e. The molecule has 0 radical (unpaired) electrons. The van der Waals surface area contributed by atoms with Crippen molar-refractivity contribution in [2.75, 3.05) is 6.54 Å². The molecule has 0 spiro atoms. The molecule has 0 unspecified atom stereocenters. The Morgan fingerprint density at radius 3 is 2.48 bits per heavy atom. The Labute approximate surface area is 131 Å². The van der Waals surface area contributed by atoms with Gasteiger partial charge in [0.25, 0.3) is 0 Å². The maximum atomic E-state index is 4.57. The molecule has 2 heterocycles. The number of aromatic nitrogens is 4. The van der Waals surface area contributed by atoms with Crippen molar-refractivity contribution in [2.24, 2.45) is 20.0 Å². The highest BCUT2D eigenvalue weighted by Gasteiger charge is 2.16.